The van der Waals surface area contributed by atoms with E-state index in [1.54, 1.807) is 6.92 Å². The van der Waals surface area contributed by atoms with Gasteiger partial charge < -0.3 is 20.6 Å². The van der Waals surface area contributed by atoms with Crippen LogP contribution in [0.3, 0.4) is 0 Å². The lowest BCUT2D eigenvalue weighted by Gasteiger charge is -2.35. The average Bonchev–Trinajstić information content (AvgIpc) is 2.88. The molecule has 0 saturated carbocycles. The number of halogens is 5. The molecule has 3 N–H and O–H groups in total. The van der Waals surface area contributed by atoms with Crippen LogP contribution in [0.4, 0.5) is 27.8 Å². The molecule has 0 spiro atoms. The average molecular weight is 608 g/mol. The molecule has 1 aliphatic heterocycles. The molecule has 4 atom stereocenters. The van der Waals surface area contributed by atoms with Crippen molar-refractivity contribution >= 4 is 40.4 Å². The van der Waals surface area contributed by atoms with Crippen LogP contribution >= 0.6 is 12.2 Å². The number of carbonyl (C=O) groups excluding carboxylic acids is 2. The molecule has 1 saturated heterocycles. The zero-order valence-electron chi connectivity index (χ0n) is 24.0. The highest BCUT2D eigenvalue weighted by atomic mass is 32.1. The number of nitrogens with one attached hydrogen (secondary N) is 2. The Labute approximate surface area is 242 Å². The Morgan fingerprint density at radius 1 is 1.27 bits per heavy atom. The van der Waals surface area contributed by atoms with Crippen LogP contribution in [0.25, 0.3) is 0 Å². The van der Waals surface area contributed by atoms with E-state index < -0.39 is 59.5 Å². The molecule has 8 nitrogen and oxygen atoms in total. The Hall–Kier alpha value is -2.74. The Morgan fingerprint density at radius 3 is 2.41 bits per heavy atom. The third kappa shape index (κ3) is 9.12. The maximum atomic E-state index is 14.2. The summed E-state index contributed by atoms with van der Waals surface area (Å²) in [4.78, 5) is 35.9. The van der Waals surface area contributed by atoms with Gasteiger partial charge in [-0.05, 0) is 66.4 Å². The third-order valence-corrected chi connectivity index (χ3v) is 7.63. The van der Waals surface area contributed by atoms with E-state index in [1.165, 1.54) is 32.6 Å². The van der Waals surface area contributed by atoms with Crippen LogP contribution in [-0.4, -0.2) is 79.9 Å². The number of aliphatic imine (C=N–C) groups is 1. The minimum absolute atomic E-state index is 0.174. The van der Waals surface area contributed by atoms with Crippen molar-refractivity contribution < 1.29 is 36.6 Å². The van der Waals surface area contributed by atoms with Gasteiger partial charge in [0.1, 0.15) is 11.9 Å². The molecule has 2 rings (SSSR count). The summed E-state index contributed by atoms with van der Waals surface area (Å²) in [6.07, 6.45) is -4.94. The summed E-state index contributed by atoms with van der Waals surface area (Å²) >= 11 is 5.50. The molecular weight excluding hydrogens is 569 g/mol. The lowest BCUT2D eigenvalue weighted by molar-refractivity contribution is -0.143. The quantitative estimate of drug-likeness (QED) is 0.142. The molecule has 14 heteroatoms. The lowest BCUT2D eigenvalue weighted by atomic mass is 9.98. The van der Waals surface area contributed by atoms with Crippen molar-refractivity contribution in [2.75, 3.05) is 11.9 Å². The monoisotopic (exact) mass is 607 g/mol. The molecular formula is C27H38F5N5O3S. The third-order valence-electron chi connectivity index (χ3n) is 7.19. The molecule has 0 radical (unpaired) electrons. The fourth-order valence-corrected chi connectivity index (χ4v) is 4.54. The summed E-state index contributed by atoms with van der Waals surface area (Å²) in [6.45, 7) is 9.41. The second-order valence-electron chi connectivity index (χ2n) is 10.8. The topological polar surface area (TPSA) is 107 Å². The van der Waals surface area contributed by atoms with E-state index in [1.807, 2.05) is 6.92 Å². The van der Waals surface area contributed by atoms with Gasteiger partial charge in [-0.3, -0.25) is 14.6 Å². The smallest absolute Gasteiger partial charge is 0.388 e. The number of likely N-dealkylation sites (tertiary alicyclic amines) is 1. The van der Waals surface area contributed by atoms with Gasteiger partial charge in [0.25, 0.3) is 18.2 Å². The highest BCUT2D eigenvalue weighted by molar-refractivity contribution is 7.81. The summed E-state index contributed by atoms with van der Waals surface area (Å²) in [5.74, 6) is -1.71. The van der Waals surface area contributed by atoms with Gasteiger partial charge in [-0.1, -0.05) is 19.1 Å². The number of hydrogen-bond donors (Lipinski definition) is 3. The van der Waals surface area contributed by atoms with Gasteiger partial charge in [0.2, 0.25) is 0 Å². The fourth-order valence-electron chi connectivity index (χ4n) is 4.22. The maximum absolute atomic E-state index is 14.2. The molecule has 2 heterocycles. The van der Waals surface area contributed by atoms with Crippen molar-refractivity contribution in [3.05, 3.63) is 23.4 Å². The fraction of sp³-hybridized carbons (Fsp3) is 0.667. The van der Waals surface area contributed by atoms with E-state index >= 15 is 0 Å². The molecule has 0 bridgehead atoms. The molecule has 1 aliphatic rings. The number of amides is 2. The number of hydrogen-bond acceptors (Lipinski definition) is 7. The largest absolute Gasteiger partial charge is 0.408 e. The van der Waals surface area contributed by atoms with Crippen molar-refractivity contribution in [2.24, 2.45) is 4.99 Å². The lowest BCUT2D eigenvalue weighted by Crippen LogP contribution is -2.50. The van der Waals surface area contributed by atoms with Crippen LogP contribution in [0.15, 0.2) is 17.3 Å². The molecule has 41 heavy (non-hydrogen) atoms. The first kappa shape index (κ1) is 34.5. The van der Waals surface area contributed by atoms with E-state index in [-0.39, 0.29) is 28.6 Å². The van der Waals surface area contributed by atoms with Crippen molar-refractivity contribution in [1.82, 2.24) is 15.2 Å². The predicted octanol–water partition coefficient (Wildman–Crippen LogP) is 5.00. The van der Waals surface area contributed by atoms with E-state index in [9.17, 15) is 36.6 Å². The van der Waals surface area contributed by atoms with Crippen molar-refractivity contribution in [1.29, 1.82) is 0 Å². The van der Waals surface area contributed by atoms with Crippen LogP contribution in [0, 0.1) is 0 Å². The number of rotatable bonds is 11. The van der Waals surface area contributed by atoms with Crippen LogP contribution in [0.5, 0.6) is 0 Å². The van der Waals surface area contributed by atoms with Crippen LogP contribution in [0.1, 0.15) is 84.8 Å². The number of piperidine rings is 1. The molecule has 2 amide bonds. The molecule has 1 unspecified atom stereocenters. The SMILES string of the molecule is CC[C@H](Nc1cc(C(F)F)c(C(=S)C(/N=C(\C)C(=O)N[C@H](C)C(C)(C)O)C(=O)N2CCCC[C@@H]2C)cn1)C(F)(F)F. The normalized spacial score (nSPS) is 19.0. The number of thiocarbonyl (C=S) groups is 1. The van der Waals surface area contributed by atoms with E-state index in [0.717, 1.165) is 18.7 Å². The highest BCUT2D eigenvalue weighted by Gasteiger charge is 2.39. The minimum atomic E-state index is -4.63. The second-order valence-corrected chi connectivity index (χ2v) is 11.3. The van der Waals surface area contributed by atoms with Gasteiger partial charge in [-0.15, -0.1) is 0 Å². The second kappa shape index (κ2) is 14.0. The Morgan fingerprint density at radius 2 is 1.90 bits per heavy atom. The first-order chi connectivity index (χ1) is 18.9. The molecule has 1 aromatic heterocycles. The van der Waals surface area contributed by atoms with Crippen LogP contribution < -0.4 is 10.6 Å². The molecule has 0 aromatic carbocycles. The van der Waals surface area contributed by atoms with Gasteiger partial charge in [0.05, 0.1) is 22.2 Å². The first-order valence-corrected chi connectivity index (χ1v) is 13.8. The van der Waals surface area contributed by atoms with Crippen molar-refractivity contribution in [3.63, 3.8) is 0 Å². The minimum Gasteiger partial charge on any atom is -0.388 e. The summed E-state index contributed by atoms with van der Waals surface area (Å²) in [5.41, 5.74) is -2.49. The van der Waals surface area contributed by atoms with Gasteiger partial charge >= 0.3 is 6.18 Å². The maximum Gasteiger partial charge on any atom is 0.408 e. The Bertz CT molecular complexity index is 1140. The number of alkyl halides is 5. The van der Waals surface area contributed by atoms with Gasteiger partial charge in [0.15, 0.2) is 6.04 Å². The Balaban J connectivity index is 2.54. The number of pyridine rings is 1. The van der Waals surface area contributed by atoms with Crippen LogP contribution in [-0.2, 0) is 9.59 Å². The summed E-state index contributed by atoms with van der Waals surface area (Å²) in [6, 6.07) is -3.66. The number of aliphatic hydroxyl groups is 1. The first-order valence-electron chi connectivity index (χ1n) is 13.4. The number of aromatic nitrogens is 1. The number of anilines is 1. The van der Waals surface area contributed by atoms with E-state index in [2.05, 4.69) is 20.6 Å². The predicted molar refractivity (Wildman–Crippen MR) is 150 cm³/mol. The summed E-state index contributed by atoms with van der Waals surface area (Å²) < 4.78 is 68.1. The molecule has 1 aromatic rings. The van der Waals surface area contributed by atoms with E-state index in [0.29, 0.717) is 19.4 Å². The van der Waals surface area contributed by atoms with Crippen molar-refractivity contribution in [2.45, 2.75) is 110 Å². The zero-order chi connectivity index (χ0) is 31.3. The number of carbonyl (C=O) groups is 2. The standard InChI is InChI=1S/C27H38F5N5O3S/c1-7-19(27(30,31)32)36-20-12-17(23(28)29)18(13-33-20)22(41)21(25(39)37-11-9-8-10-14(37)2)34-15(3)24(38)35-16(4)26(5,6)40/h12-14,16,19,21,23,40H,7-11H2,1-6H3,(H,33,36)(H,35,38)/b34-15+/t14-,16+,19-,21?/m0/s1. The number of nitrogens with zero attached hydrogens (tertiary/aromatic N) is 3. The summed E-state index contributed by atoms with van der Waals surface area (Å²) in [7, 11) is 0. The summed E-state index contributed by atoms with van der Waals surface area (Å²) in [5, 5.41) is 14.9. The Kier molecular flexibility index (Phi) is 11.7. The molecule has 230 valence electrons. The van der Waals surface area contributed by atoms with Crippen molar-refractivity contribution in [3.8, 4) is 0 Å². The van der Waals surface area contributed by atoms with E-state index in [4.69, 9.17) is 12.2 Å². The molecule has 0 aliphatic carbocycles. The zero-order valence-corrected chi connectivity index (χ0v) is 24.8. The van der Waals surface area contributed by atoms with Gasteiger partial charge in [-0.2, -0.15) is 13.2 Å². The van der Waals surface area contributed by atoms with Crippen LogP contribution in [0.2, 0.25) is 0 Å². The molecule has 1 fully saturated rings. The highest BCUT2D eigenvalue weighted by Crippen LogP contribution is 2.30. The van der Waals surface area contributed by atoms with Gasteiger partial charge in [0, 0.05) is 29.9 Å². The van der Waals surface area contributed by atoms with Gasteiger partial charge in [-0.25, -0.2) is 13.8 Å².